The average Bonchev–Trinajstić information content (AvgIpc) is 2.78. The van der Waals surface area contributed by atoms with Gasteiger partial charge in [0.1, 0.15) is 5.60 Å². The van der Waals surface area contributed by atoms with Gasteiger partial charge in [-0.05, 0) is 90.1 Å². The third-order valence-electron chi connectivity index (χ3n) is 6.86. The van der Waals surface area contributed by atoms with Crippen LogP contribution < -0.4 is 11.1 Å². The van der Waals surface area contributed by atoms with E-state index in [1.165, 1.54) is 0 Å². The monoisotopic (exact) mass is 472 g/mol. The molecule has 2 atom stereocenters. The SMILES string of the molecule is CC(C)(C)OC(=O)CC1CCN(C(=O)Nc2ccccc2)CC1CCN1CCC(C(N)=O)CC1. The molecule has 34 heavy (non-hydrogen) atoms. The van der Waals surface area contributed by atoms with Crippen molar-refractivity contribution in [2.24, 2.45) is 23.5 Å². The molecular formula is C26H40N4O4. The van der Waals surface area contributed by atoms with Crippen molar-refractivity contribution in [3.63, 3.8) is 0 Å². The number of urea groups is 1. The maximum atomic E-state index is 12.9. The molecule has 3 rings (SSSR count). The molecule has 3 N–H and O–H groups in total. The van der Waals surface area contributed by atoms with E-state index >= 15 is 0 Å². The number of primary amides is 1. The van der Waals surface area contributed by atoms with Gasteiger partial charge in [0.15, 0.2) is 0 Å². The van der Waals surface area contributed by atoms with Crippen LogP contribution in [0.25, 0.3) is 0 Å². The molecule has 188 valence electrons. The molecule has 3 amide bonds. The molecule has 2 saturated heterocycles. The summed E-state index contributed by atoms with van der Waals surface area (Å²) in [6, 6.07) is 9.36. The maximum Gasteiger partial charge on any atom is 0.321 e. The van der Waals surface area contributed by atoms with Gasteiger partial charge in [-0.2, -0.15) is 0 Å². The van der Waals surface area contributed by atoms with Crippen LogP contribution in [-0.4, -0.2) is 66.0 Å². The number of nitrogens with two attached hydrogens (primary N) is 1. The van der Waals surface area contributed by atoms with Crippen molar-refractivity contribution in [3.8, 4) is 0 Å². The van der Waals surface area contributed by atoms with Crippen LogP contribution in [0.5, 0.6) is 0 Å². The highest BCUT2D eigenvalue weighted by atomic mass is 16.6. The number of rotatable bonds is 7. The Labute approximate surface area is 203 Å². The van der Waals surface area contributed by atoms with Gasteiger partial charge in [0.25, 0.3) is 0 Å². The molecule has 1 aromatic rings. The minimum Gasteiger partial charge on any atom is -0.460 e. The Morgan fingerprint density at radius 2 is 1.71 bits per heavy atom. The number of amides is 3. The Kier molecular flexibility index (Phi) is 8.94. The Balaban J connectivity index is 1.60. The molecule has 0 aromatic heterocycles. The van der Waals surface area contributed by atoms with Gasteiger partial charge in [0.05, 0.1) is 0 Å². The highest BCUT2D eigenvalue weighted by molar-refractivity contribution is 5.89. The number of nitrogens with one attached hydrogen (secondary N) is 1. The first-order valence-corrected chi connectivity index (χ1v) is 12.4. The zero-order chi connectivity index (χ0) is 24.7. The van der Waals surface area contributed by atoms with Gasteiger partial charge in [-0.3, -0.25) is 9.59 Å². The number of carbonyl (C=O) groups is 3. The van der Waals surface area contributed by atoms with Gasteiger partial charge in [0, 0.05) is 31.1 Å². The Morgan fingerprint density at radius 3 is 2.32 bits per heavy atom. The van der Waals surface area contributed by atoms with Gasteiger partial charge < -0.3 is 25.6 Å². The minimum absolute atomic E-state index is 0.0250. The lowest BCUT2D eigenvalue weighted by Crippen LogP contribution is -2.47. The maximum absolute atomic E-state index is 12.9. The van der Waals surface area contributed by atoms with Crippen molar-refractivity contribution in [2.75, 3.05) is 38.0 Å². The van der Waals surface area contributed by atoms with Crippen LogP contribution in [0.2, 0.25) is 0 Å². The van der Waals surface area contributed by atoms with E-state index in [1.807, 2.05) is 56.0 Å². The van der Waals surface area contributed by atoms with E-state index in [-0.39, 0.29) is 35.7 Å². The van der Waals surface area contributed by atoms with E-state index in [0.717, 1.165) is 51.0 Å². The fourth-order valence-electron chi connectivity index (χ4n) is 4.97. The molecule has 2 aliphatic rings. The minimum atomic E-state index is -0.506. The summed E-state index contributed by atoms with van der Waals surface area (Å²) in [6.45, 7) is 9.48. The largest absolute Gasteiger partial charge is 0.460 e. The fourth-order valence-corrected chi connectivity index (χ4v) is 4.97. The van der Waals surface area contributed by atoms with E-state index in [1.54, 1.807) is 0 Å². The number of nitrogens with zero attached hydrogens (tertiary/aromatic N) is 2. The van der Waals surface area contributed by atoms with Gasteiger partial charge in [-0.25, -0.2) is 4.79 Å². The second-order valence-corrected chi connectivity index (χ2v) is 10.6. The van der Waals surface area contributed by atoms with E-state index in [2.05, 4.69) is 10.2 Å². The van der Waals surface area contributed by atoms with E-state index in [4.69, 9.17) is 10.5 Å². The number of para-hydroxylation sites is 1. The summed E-state index contributed by atoms with van der Waals surface area (Å²) < 4.78 is 5.58. The number of likely N-dealkylation sites (tertiary alicyclic amines) is 2. The highest BCUT2D eigenvalue weighted by Gasteiger charge is 2.34. The Hall–Kier alpha value is -2.61. The lowest BCUT2D eigenvalue weighted by molar-refractivity contribution is -0.156. The van der Waals surface area contributed by atoms with Crippen molar-refractivity contribution in [1.29, 1.82) is 0 Å². The van der Waals surface area contributed by atoms with Gasteiger partial charge in [0.2, 0.25) is 5.91 Å². The summed E-state index contributed by atoms with van der Waals surface area (Å²) in [5.41, 5.74) is 5.73. The number of hydrogen-bond acceptors (Lipinski definition) is 5. The molecule has 2 unspecified atom stereocenters. The second kappa shape index (κ2) is 11.7. The highest BCUT2D eigenvalue weighted by Crippen LogP contribution is 2.31. The van der Waals surface area contributed by atoms with E-state index in [0.29, 0.717) is 19.5 Å². The molecule has 8 heteroatoms. The Morgan fingerprint density at radius 1 is 1.03 bits per heavy atom. The summed E-state index contributed by atoms with van der Waals surface area (Å²) in [5.74, 6) is -0.0187. The first-order chi connectivity index (χ1) is 16.1. The normalized spacial score (nSPS) is 22.3. The summed E-state index contributed by atoms with van der Waals surface area (Å²) in [4.78, 5) is 41.2. The van der Waals surface area contributed by atoms with Gasteiger partial charge in [-0.15, -0.1) is 0 Å². The van der Waals surface area contributed by atoms with Crippen LogP contribution in [0, 0.1) is 17.8 Å². The number of piperidine rings is 2. The number of benzene rings is 1. The van der Waals surface area contributed by atoms with Crippen LogP contribution in [-0.2, 0) is 14.3 Å². The van der Waals surface area contributed by atoms with Crippen molar-refractivity contribution in [2.45, 2.75) is 58.5 Å². The first kappa shape index (κ1) is 26.0. The second-order valence-electron chi connectivity index (χ2n) is 10.6. The van der Waals surface area contributed by atoms with Crippen LogP contribution in [0.15, 0.2) is 30.3 Å². The molecule has 2 aliphatic heterocycles. The summed E-state index contributed by atoms with van der Waals surface area (Å²) >= 11 is 0. The standard InChI is InChI=1S/C26H40N4O4/c1-26(2,3)34-23(31)17-20-12-16-30(25(33)28-22-7-5-4-6-8-22)18-21(20)11-15-29-13-9-19(10-14-29)24(27)32/h4-8,19-21H,9-18H2,1-3H3,(H2,27,32)(H,28,33). The summed E-state index contributed by atoms with van der Waals surface area (Å²) in [7, 11) is 0. The summed E-state index contributed by atoms with van der Waals surface area (Å²) in [5, 5.41) is 2.98. The van der Waals surface area contributed by atoms with E-state index in [9.17, 15) is 14.4 Å². The zero-order valence-electron chi connectivity index (χ0n) is 20.8. The van der Waals surface area contributed by atoms with Crippen LogP contribution >= 0.6 is 0 Å². The predicted octanol–water partition coefficient (Wildman–Crippen LogP) is 3.48. The third-order valence-corrected chi connectivity index (χ3v) is 6.86. The fraction of sp³-hybridized carbons (Fsp3) is 0.654. The van der Waals surface area contributed by atoms with Crippen LogP contribution in [0.1, 0.15) is 52.9 Å². The number of hydrogen-bond donors (Lipinski definition) is 2. The molecule has 8 nitrogen and oxygen atoms in total. The lowest BCUT2D eigenvalue weighted by Gasteiger charge is -2.40. The lowest BCUT2D eigenvalue weighted by atomic mass is 9.81. The van der Waals surface area contributed by atoms with Crippen LogP contribution in [0.3, 0.4) is 0 Å². The molecule has 2 heterocycles. The smallest absolute Gasteiger partial charge is 0.321 e. The van der Waals surface area contributed by atoms with Gasteiger partial charge in [-0.1, -0.05) is 18.2 Å². The molecule has 0 saturated carbocycles. The zero-order valence-corrected chi connectivity index (χ0v) is 20.8. The molecule has 0 bridgehead atoms. The average molecular weight is 473 g/mol. The number of ether oxygens (including phenoxy) is 1. The molecule has 1 aromatic carbocycles. The van der Waals surface area contributed by atoms with Gasteiger partial charge >= 0.3 is 12.0 Å². The molecular weight excluding hydrogens is 432 g/mol. The van der Waals surface area contributed by atoms with Crippen molar-refractivity contribution >= 4 is 23.6 Å². The Bertz CT molecular complexity index is 831. The molecule has 0 radical (unpaired) electrons. The van der Waals surface area contributed by atoms with Crippen molar-refractivity contribution in [1.82, 2.24) is 9.80 Å². The number of carbonyl (C=O) groups excluding carboxylic acids is 3. The van der Waals surface area contributed by atoms with E-state index < -0.39 is 5.60 Å². The predicted molar refractivity (Wildman–Crippen MR) is 132 cm³/mol. The van der Waals surface area contributed by atoms with Crippen molar-refractivity contribution in [3.05, 3.63) is 30.3 Å². The molecule has 0 aliphatic carbocycles. The number of esters is 1. The molecule has 2 fully saturated rings. The third kappa shape index (κ3) is 8.01. The molecule has 0 spiro atoms. The quantitative estimate of drug-likeness (QED) is 0.591. The van der Waals surface area contributed by atoms with Crippen molar-refractivity contribution < 1.29 is 19.1 Å². The topological polar surface area (TPSA) is 105 Å². The summed E-state index contributed by atoms with van der Waals surface area (Å²) in [6.07, 6.45) is 3.64. The number of anilines is 1. The first-order valence-electron chi connectivity index (χ1n) is 12.4. The van der Waals surface area contributed by atoms with Crippen LogP contribution in [0.4, 0.5) is 10.5 Å².